The fourth-order valence-electron chi connectivity index (χ4n) is 3.63. The van der Waals surface area contributed by atoms with Crippen molar-refractivity contribution in [2.75, 3.05) is 20.3 Å². The Balaban J connectivity index is 1.56. The van der Waals surface area contributed by atoms with Crippen molar-refractivity contribution >= 4 is 46.4 Å². The fraction of sp³-hybridized carbons (Fsp3) is 0.192. The molecule has 3 aromatic rings. The summed E-state index contributed by atoms with van der Waals surface area (Å²) in [6, 6.07) is 16.7. The minimum Gasteiger partial charge on any atom is -0.490 e. The number of hydrogen-bond acceptors (Lipinski definition) is 6. The number of fused-ring (bicyclic) bond motifs is 1. The number of halogens is 1. The number of rotatable bonds is 8. The third-order valence-corrected chi connectivity index (χ3v) is 5.60. The second kappa shape index (κ2) is 10.5. The average molecular weight is 495 g/mol. The topological polar surface area (TPSA) is 94.2 Å². The molecule has 8 nitrogen and oxygen atoms in total. The zero-order chi connectivity index (χ0) is 24.9. The van der Waals surface area contributed by atoms with Crippen molar-refractivity contribution in [3.63, 3.8) is 0 Å². The summed E-state index contributed by atoms with van der Waals surface area (Å²) in [6.45, 7) is 2.00. The average Bonchev–Trinajstić information content (AvgIpc) is 3.10. The van der Waals surface area contributed by atoms with Crippen molar-refractivity contribution in [2.24, 2.45) is 0 Å². The van der Waals surface area contributed by atoms with Gasteiger partial charge in [0, 0.05) is 0 Å². The highest BCUT2D eigenvalue weighted by Gasteiger charge is 2.35. The molecule has 0 radical (unpaired) electrons. The Kier molecular flexibility index (Phi) is 7.22. The quantitative estimate of drug-likeness (QED) is 0.281. The van der Waals surface area contributed by atoms with E-state index in [0.29, 0.717) is 23.7 Å². The van der Waals surface area contributed by atoms with Gasteiger partial charge in [-0.25, -0.2) is 9.69 Å². The molecule has 0 spiro atoms. The lowest BCUT2D eigenvalue weighted by Crippen LogP contribution is -2.36. The van der Waals surface area contributed by atoms with Crippen LogP contribution in [0.1, 0.15) is 18.1 Å². The summed E-state index contributed by atoms with van der Waals surface area (Å²) >= 11 is 6.52. The number of nitrogens with zero attached hydrogens (tertiary/aromatic N) is 1. The SMILES string of the molecule is CCOc1cc(/C=C2/NC(=O)N(CC(=O)OC)C2=O)cc(Cl)c1OCc1ccc2ccccc2c1. The Morgan fingerprint density at radius 3 is 2.57 bits per heavy atom. The number of urea groups is 1. The maximum Gasteiger partial charge on any atom is 0.329 e. The largest absolute Gasteiger partial charge is 0.490 e. The molecular weight excluding hydrogens is 472 g/mol. The van der Waals surface area contributed by atoms with Crippen molar-refractivity contribution in [3.8, 4) is 11.5 Å². The molecule has 1 saturated heterocycles. The van der Waals surface area contributed by atoms with E-state index in [-0.39, 0.29) is 17.3 Å². The molecule has 35 heavy (non-hydrogen) atoms. The highest BCUT2D eigenvalue weighted by molar-refractivity contribution is 6.32. The van der Waals surface area contributed by atoms with Gasteiger partial charge >= 0.3 is 12.0 Å². The number of carbonyl (C=O) groups is 3. The molecule has 0 unspecified atom stereocenters. The molecule has 0 saturated carbocycles. The van der Waals surface area contributed by atoms with Crippen LogP contribution in [0.25, 0.3) is 16.8 Å². The van der Waals surface area contributed by atoms with Crippen LogP contribution in [0, 0.1) is 0 Å². The van der Waals surface area contributed by atoms with Gasteiger partial charge in [0.05, 0.1) is 18.7 Å². The Morgan fingerprint density at radius 1 is 1.06 bits per heavy atom. The molecular formula is C26H23ClN2O6. The van der Waals surface area contributed by atoms with Crippen LogP contribution in [0.2, 0.25) is 5.02 Å². The Morgan fingerprint density at radius 2 is 1.83 bits per heavy atom. The van der Waals surface area contributed by atoms with Crippen molar-refractivity contribution in [3.05, 3.63) is 76.4 Å². The number of esters is 1. The zero-order valence-electron chi connectivity index (χ0n) is 19.2. The molecule has 1 aliphatic heterocycles. The fourth-order valence-corrected chi connectivity index (χ4v) is 3.91. The summed E-state index contributed by atoms with van der Waals surface area (Å²) < 4.78 is 16.3. The molecule has 0 atom stereocenters. The second-order valence-corrected chi connectivity index (χ2v) is 8.10. The van der Waals surface area contributed by atoms with Crippen LogP contribution >= 0.6 is 11.6 Å². The van der Waals surface area contributed by atoms with Gasteiger partial charge in [0.25, 0.3) is 5.91 Å². The van der Waals surface area contributed by atoms with Gasteiger partial charge < -0.3 is 19.5 Å². The van der Waals surface area contributed by atoms with Gasteiger partial charge in [-0.2, -0.15) is 0 Å². The van der Waals surface area contributed by atoms with Crippen LogP contribution in [-0.2, 0) is 20.9 Å². The molecule has 9 heteroatoms. The zero-order valence-corrected chi connectivity index (χ0v) is 19.9. The monoisotopic (exact) mass is 494 g/mol. The van der Waals surface area contributed by atoms with Gasteiger partial charge in [-0.3, -0.25) is 9.59 Å². The Labute approximate surface area is 207 Å². The highest BCUT2D eigenvalue weighted by Crippen LogP contribution is 2.38. The number of benzene rings is 3. The van der Waals surface area contributed by atoms with E-state index >= 15 is 0 Å². The predicted octanol–water partition coefficient (Wildman–Crippen LogP) is 4.54. The number of ether oxygens (including phenoxy) is 3. The van der Waals surface area contributed by atoms with E-state index in [0.717, 1.165) is 21.2 Å². The lowest BCUT2D eigenvalue weighted by atomic mass is 10.1. The Hall–Kier alpha value is -4.04. The predicted molar refractivity (Wildman–Crippen MR) is 131 cm³/mol. The van der Waals surface area contributed by atoms with Gasteiger partial charge in [0.1, 0.15) is 18.8 Å². The first-order valence-electron chi connectivity index (χ1n) is 10.9. The van der Waals surface area contributed by atoms with E-state index < -0.39 is 24.5 Å². The summed E-state index contributed by atoms with van der Waals surface area (Å²) in [6.07, 6.45) is 1.46. The van der Waals surface area contributed by atoms with Crippen molar-refractivity contribution in [2.45, 2.75) is 13.5 Å². The van der Waals surface area contributed by atoms with Gasteiger partial charge in [-0.05, 0) is 53.1 Å². The first-order chi connectivity index (χ1) is 16.9. The van der Waals surface area contributed by atoms with E-state index in [4.69, 9.17) is 21.1 Å². The number of amides is 3. The first kappa shape index (κ1) is 24.1. The molecule has 1 fully saturated rings. The van der Waals surface area contributed by atoms with E-state index in [2.05, 4.69) is 16.1 Å². The molecule has 3 aromatic carbocycles. The molecule has 1 N–H and O–H groups in total. The summed E-state index contributed by atoms with van der Waals surface area (Å²) in [5, 5.41) is 4.98. The third kappa shape index (κ3) is 5.38. The standard InChI is InChI=1S/C26H23ClN2O6/c1-3-34-22-13-17(12-21-25(31)29(26(32)28-21)14-23(30)33-2)11-20(27)24(22)35-15-16-8-9-18-6-4-5-7-19(18)10-16/h4-13H,3,14-15H2,1-2H3,(H,28,32)/b21-12+. The lowest BCUT2D eigenvalue weighted by Gasteiger charge is -2.15. The smallest absolute Gasteiger partial charge is 0.329 e. The van der Waals surface area contributed by atoms with E-state index in [1.54, 1.807) is 12.1 Å². The normalized spacial score (nSPS) is 14.4. The second-order valence-electron chi connectivity index (χ2n) is 7.69. The van der Waals surface area contributed by atoms with Crippen LogP contribution in [0.3, 0.4) is 0 Å². The molecule has 0 bridgehead atoms. The molecule has 1 aliphatic rings. The van der Waals surface area contributed by atoms with E-state index in [1.807, 2.05) is 43.3 Å². The number of nitrogens with one attached hydrogen (secondary N) is 1. The molecule has 0 aliphatic carbocycles. The van der Waals surface area contributed by atoms with E-state index in [9.17, 15) is 14.4 Å². The van der Waals surface area contributed by atoms with Crippen LogP contribution in [0.15, 0.2) is 60.3 Å². The minimum absolute atomic E-state index is 0.00208. The van der Waals surface area contributed by atoms with Crippen molar-refractivity contribution in [1.82, 2.24) is 10.2 Å². The molecule has 4 rings (SSSR count). The van der Waals surface area contributed by atoms with Gasteiger partial charge in [-0.1, -0.05) is 48.0 Å². The molecule has 180 valence electrons. The number of carbonyl (C=O) groups excluding carboxylic acids is 3. The molecule has 3 amide bonds. The van der Waals surface area contributed by atoms with Crippen LogP contribution in [0.5, 0.6) is 11.5 Å². The molecule has 1 heterocycles. The highest BCUT2D eigenvalue weighted by atomic mass is 35.5. The van der Waals surface area contributed by atoms with Crippen LogP contribution < -0.4 is 14.8 Å². The first-order valence-corrected chi connectivity index (χ1v) is 11.3. The Bertz CT molecular complexity index is 1340. The lowest BCUT2D eigenvalue weighted by molar-refractivity contribution is -0.143. The maximum absolute atomic E-state index is 12.6. The van der Waals surface area contributed by atoms with E-state index in [1.165, 1.54) is 13.2 Å². The number of imide groups is 1. The van der Waals surface area contributed by atoms with Crippen molar-refractivity contribution < 1.29 is 28.6 Å². The van der Waals surface area contributed by atoms with Crippen molar-refractivity contribution in [1.29, 1.82) is 0 Å². The summed E-state index contributed by atoms with van der Waals surface area (Å²) in [4.78, 5) is 36.9. The maximum atomic E-state index is 12.6. The number of hydrogen-bond donors (Lipinski definition) is 1. The van der Waals surface area contributed by atoms with Crippen LogP contribution in [0.4, 0.5) is 4.79 Å². The summed E-state index contributed by atoms with van der Waals surface area (Å²) in [7, 11) is 1.18. The van der Waals surface area contributed by atoms with Gasteiger partial charge in [-0.15, -0.1) is 0 Å². The van der Waals surface area contributed by atoms with Gasteiger partial charge in [0.15, 0.2) is 11.5 Å². The third-order valence-electron chi connectivity index (χ3n) is 5.32. The summed E-state index contributed by atoms with van der Waals surface area (Å²) in [5.74, 6) is -0.579. The number of methoxy groups -OCH3 is 1. The van der Waals surface area contributed by atoms with Gasteiger partial charge in [0.2, 0.25) is 0 Å². The molecule has 0 aromatic heterocycles. The minimum atomic E-state index is -0.710. The van der Waals surface area contributed by atoms with Crippen LogP contribution in [-0.4, -0.2) is 43.1 Å². The summed E-state index contributed by atoms with van der Waals surface area (Å²) in [5.41, 5.74) is 1.49.